The van der Waals surface area contributed by atoms with Crippen LogP contribution in [0.3, 0.4) is 0 Å². The minimum absolute atomic E-state index is 0.0491. The molecule has 0 spiro atoms. The number of nitrogens with zero attached hydrogens (tertiary/aromatic N) is 4. The Labute approximate surface area is 264 Å². The summed E-state index contributed by atoms with van der Waals surface area (Å²) < 4.78 is 81.0. The largest absolute Gasteiger partial charge is 0.444 e. The van der Waals surface area contributed by atoms with Crippen LogP contribution in [0.2, 0.25) is 0 Å². The first-order valence-electron chi connectivity index (χ1n) is 14.5. The average molecular weight is 667 g/mol. The van der Waals surface area contributed by atoms with Crippen LogP contribution in [0.25, 0.3) is 0 Å². The molecule has 2 aliphatic rings. The van der Waals surface area contributed by atoms with Crippen LogP contribution in [0.1, 0.15) is 56.9 Å². The van der Waals surface area contributed by atoms with Crippen molar-refractivity contribution in [1.82, 2.24) is 25.6 Å². The van der Waals surface area contributed by atoms with Crippen molar-refractivity contribution in [3.8, 4) is 0 Å². The van der Waals surface area contributed by atoms with Crippen LogP contribution < -0.4 is 15.5 Å². The van der Waals surface area contributed by atoms with E-state index in [-0.39, 0.29) is 37.4 Å². The first kappa shape index (κ1) is 33.7. The predicted molar refractivity (Wildman–Crippen MR) is 152 cm³/mol. The molecule has 5 rings (SSSR count). The van der Waals surface area contributed by atoms with Crippen molar-refractivity contribution in [2.75, 3.05) is 18.1 Å². The summed E-state index contributed by atoms with van der Waals surface area (Å²) in [7, 11) is 0. The summed E-state index contributed by atoms with van der Waals surface area (Å²) in [5.74, 6) is -7.73. The van der Waals surface area contributed by atoms with Crippen LogP contribution >= 0.6 is 0 Å². The van der Waals surface area contributed by atoms with Crippen molar-refractivity contribution < 1.29 is 50.9 Å². The summed E-state index contributed by atoms with van der Waals surface area (Å²) in [4.78, 5) is 40.8. The zero-order chi connectivity index (χ0) is 34.3. The van der Waals surface area contributed by atoms with Crippen molar-refractivity contribution in [2.45, 2.75) is 69.5 Å². The van der Waals surface area contributed by atoms with E-state index < -0.39 is 88.5 Å². The number of benzene rings is 2. The average Bonchev–Trinajstić information content (AvgIpc) is 3.59. The highest BCUT2D eigenvalue weighted by atomic mass is 19.2. The van der Waals surface area contributed by atoms with Crippen molar-refractivity contribution in [3.63, 3.8) is 0 Å². The Bertz CT molecular complexity index is 1700. The predicted octanol–water partition coefficient (Wildman–Crippen LogP) is 3.35. The van der Waals surface area contributed by atoms with Gasteiger partial charge in [0.15, 0.2) is 17.5 Å². The van der Waals surface area contributed by atoms with Crippen LogP contribution in [0.15, 0.2) is 36.5 Å². The molecular formula is C30H31F5N6O6. The molecule has 2 saturated heterocycles. The summed E-state index contributed by atoms with van der Waals surface area (Å²) in [6.45, 7) is 3.98. The van der Waals surface area contributed by atoms with E-state index in [1.54, 1.807) is 20.8 Å². The molecule has 2 fully saturated rings. The summed E-state index contributed by atoms with van der Waals surface area (Å²) in [6.07, 6.45) is -1.06. The van der Waals surface area contributed by atoms with Gasteiger partial charge in [0.1, 0.15) is 29.2 Å². The molecule has 3 aromatic rings. The lowest BCUT2D eigenvalue weighted by Crippen LogP contribution is -2.52. The number of ether oxygens (including phenoxy) is 2. The maximum atomic E-state index is 14.7. The Morgan fingerprint density at radius 2 is 1.85 bits per heavy atom. The van der Waals surface area contributed by atoms with E-state index in [4.69, 9.17) is 9.47 Å². The number of carbonyl (C=O) groups excluding carboxylic acids is 3. The van der Waals surface area contributed by atoms with Gasteiger partial charge < -0.3 is 25.2 Å². The normalized spacial score (nSPS) is 23.1. The van der Waals surface area contributed by atoms with Crippen molar-refractivity contribution in [3.05, 3.63) is 76.7 Å². The third kappa shape index (κ3) is 7.20. The van der Waals surface area contributed by atoms with E-state index in [9.17, 15) is 41.4 Å². The van der Waals surface area contributed by atoms with Gasteiger partial charge in [-0.2, -0.15) is 9.90 Å². The van der Waals surface area contributed by atoms with Crippen molar-refractivity contribution in [1.29, 1.82) is 0 Å². The molecule has 3 N–H and O–H groups in total. The van der Waals surface area contributed by atoms with Crippen LogP contribution in [0, 0.1) is 29.1 Å². The standard InChI is InChI=1S/C30H31F5N6O6/c1-29(2,3)47-28(44)38-22-11-18(14-46-25(22)19-9-16(31)4-5-20(19)33)41-37-13-23(39-41)40-7-6-30(45,27(40)43)26(42)36-12-15-8-17(32)10-21(34)24(15)35/h4-5,8-10,13,18,22,25,45H,6-7,11-12,14H2,1-3H3,(H,36,42)(H,38,44)/t18-,22+,25-,30+/m1/s1. The van der Waals surface area contributed by atoms with E-state index >= 15 is 0 Å². The fraction of sp³-hybridized carbons (Fsp3) is 0.433. The third-order valence-corrected chi connectivity index (χ3v) is 7.61. The van der Waals surface area contributed by atoms with Gasteiger partial charge in [-0.25, -0.2) is 26.7 Å². The number of hydrogen-bond acceptors (Lipinski definition) is 8. The van der Waals surface area contributed by atoms with Gasteiger partial charge in [-0.15, -0.1) is 5.10 Å². The Balaban J connectivity index is 1.29. The molecule has 3 heterocycles. The number of nitrogens with one attached hydrogen (secondary N) is 2. The zero-order valence-corrected chi connectivity index (χ0v) is 25.4. The summed E-state index contributed by atoms with van der Waals surface area (Å²) in [5, 5.41) is 24.2. The van der Waals surface area contributed by atoms with Gasteiger partial charge in [0.2, 0.25) is 5.60 Å². The minimum Gasteiger partial charge on any atom is -0.444 e. The first-order chi connectivity index (χ1) is 22.1. The Hall–Kier alpha value is -4.64. The van der Waals surface area contributed by atoms with Gasteiger partial charge in [0, 0.05) is 36.7 Å². The van der Waals surface area contributed by atoms with Gasteiger partial charge in [-0.05, 0) is 51.5 Å². The molecule has 0 unspecified atom stereocenters. The van der Waals surface area contributed by atoms with Crippen LogP contribution in [-0.2, 0) is 25.6 Å². The number of aromatic nitrogens is 3. The second kappa shape index (κ2) is 12.9. The molecule has 47 heavy (non-hydrogen) atoms. The molecule has 0 radical (unpaired) electrons. The third-order valence-electron chi connectivity index (χ3n) is 7.61. The smallest absolute Gasteiger partial charge is 0.407 e. The summed E-state index contributed by atoms with van der Waals surface area (Å²) in [5.41, 5.74) is -4.10. The molecule has 252 valence electrons. The molecule has 0 aliphatic carbocycles. The number of rotatable bonds is 7. The molecule has 0 bridgehead atoms. The van der Waals surface area contributed by atoms with Gasteiger partial charge in [0.05, 0.1) is 24.9 Å². The first-order valence-corrected chi connectivity index (χ1v) is 14.5. The topological polar surface area (TPSA) is 148 Å². The molecule has 4 atom stereocenters. The molecule has 12 nitrogen and oxygen atoms in total. The molecule has 2 aromatic carbocycles. The second-order valence-electron chi connectivity index (χ2n) is 12.2. The number of hydrogen-bond donors (Lipinski definition) is 3. The molecule has 17 heteroatoms. The van der Waals surface area contributed by atoms with E-state index in [1.807, 2.05) is 0 Å². The van der Waals surface area contributed by atoms with Crippen LogP contribution in [0.5, 0.6) is 0 Å². The number of alkyl carbamates (subject to hydrolysis) is 1. The molecule has 2 aliphatic heterocycles. The summed E-state index contributed by atoms with van der Waals surface area (Å²) >= 11 is 0. The lowest BCUT2D eigenvalue weighted by molar-refractivity contribution is -0.149. The maximum Gasteiger partial charge on any atom is 0.407 e. The second-order valence-corrected chi connectivity index (χ2v) is 12.2. The van der Waals surface area contributed by atoms with Gasteiger partial charge in [0.25, 0.3) is 11.8 Å². The van der Waals surface area contributed by atoms with E-state index in [0.717, 1.165) is 23.1 Å². The summed E-state index contributed by atoms with van der Waals surface area (Å²) in [6, 6.07) is 2.25. The van der Waals surface area contributed by atoms with E-state index in [0.29, 0.717) is 12.1 Å². The lowest BCUT2D eigenvalue weighted by Gasteiger charge is -2.36. The highest BCUT2D eigenvalue weighted by Crippen LogP contribution is 2.35. The number of anilines is 1. The Kier molecular flexibility index (Phi) is 9.23. The van der Waals surface area contributed by atoms with Crippen molar-refractivity contribution in [2.24, 2.45) is 0 Å². The molecule has 0 saturated carbocycles. The highest BCUT2D eigenvalue weighted by Gasteiger charge is 2.52. The molecular weight excluding hydrogens is 635 g/mol. The fourth-order valence-corrected chi connectivity index (χ4v) is 5.37. The fourth-order valence-electron chi connectivity index (χ4n) is 5.37. The van der Waals surface area contributed by atoms with Crippen LogP contribution in [-0.4, -0.2) is 68.4 Å². The lowest BCUT2D eigenvalue weighted by atomic mass is 9.93. The zero-order valence-electron chi connectivity index (χ0n) is 25.4. The van der Waals surface area contributed by atoms with E-state index in [2.05, 4.69) is 20.8 Å². The van der Waals surface area contributed by atoms with Gasteiger partial charge in [-0.1, -0.05) is 0 Å². The van der Waals surface area contributed by atoms with Gasteiger partial charge in [-0.3, -0.25) is 14.5 Å². The molecule has 3 amide bonds. The highest BCUT2D eigenvalue weighted by molar-refractivity contribution is 6.16. The van der Waals surface area contributed by atoms with Gasteiger partial charge >= 0.3 is 6.09 Å². The van der Waals surface area contributed by atoms with Crippen LogP contribution in [0.4, 0.5) is 32.6 Å². The number of amides is 3. The quantitative estimate of drug-likeness (QED) is 0.198. The van der Waals surface area contributed by atoms with Crippen molar-refractivity contribution >= 4 is 23.7 Å². The number of aliphatic hydroxyl groups is 1. The maximum absolute atomic E-state index is 14.7. The number of halogens is 5. The Morgan fingerprint density at radius 1 is 1.11 bits per heavy atom. The monoisotopic (exact) mass is 666 g/mol. The molecule has 1 aromatic heterocycles. The SMILES string of the molecule is CC(C)(C)OC(=O)N[C@H]1C[C@@H](n2ncc(N3CC[C@](O)(C(=O)NCc4cc(F)cc(F)c4F)C3=O)n2)CO[C@@H]1c1cc(F)ccc1F. The number of carbonyl (C=O) groups is 3. The Morgan fingerprint density at radius 3 is 2.57 bits per heavy atom. The van der Waals surface area contributed by atoms with E-state index in [1.165, 1.54) is 11.0 Å². The minimum atomic E-state index is -2.59.